The Balaban J connectivity index is 0.00000480. The number of aryl methyl sites for hydroxylation is 2. The topological polar surface area (TPSA) is 66.7 Å². The zero-order valence-corrected chi connectivity index (χ0v) is 22.4. The molecule has 0 amide bonds. The normalized spacial score (nSPS) is 12.5. The van der Waals surface area contributed by atoms with E-state index < -0.39 is 0 Å². The molecule has 0 aliphatic rings. The number of likely N-dealkylation sites (N-methyl/N-ethyl adjacent to an activating group) is 1. The van der Waals surface area contributed by atoms with Gasteiger partial charge >= 0.3 is 0 Å². The highest BCUT2D eigenvalue weighted by Gasteiger charge is 2.14. The first-order valence-corrected chi connectivity index (χ1v) is 10.7. The molecular formula is C23H39IN6O. The Morgan fingerprint density at radius 2 is 2.03 bits per heavy atom. The largest absolute Gasteiger partial charge is 0.492 e. The predicted octanol–water partition coefficient (Wildman–Crippen LogP) is 3.28. The van der Waals surface area contributed by atoms with E-state index in [1.807, 2.05) is 38.0 Å². The molecule has 1 atom stereocenters. The number of rotatable bonds is 10. The Morgan fingerprint density at radius 3 is 2.65 bits per heavy atom. The quantitative estimate of drug-likeness (QED) is 0.274. The number of guanidine groups is 1. The lowest BCUT2D eigenvalue weighted by Gasteiger charge is -2.18. The standard InChI is InChI=1S/C23H38N6O.HI/c1-8-24-23(26-17(2)14-22-18(3)27-29(7)19(22)4)25-16-20-10-9-11-21(15-20)30-13-12-28(5)6;/h9-11,15,17H,8,12-14,16H2,1-7H3,(H2,24,25,26);1H. The van der Waals surface area contributed by atoms with Gasteiger partial charge in [0.15, 0.2) is 5.96 Å². The zero-order chi connectivity index (χ0) is 22.1. The molecule has 7 nitrogen and oxygen atoms in total. The Kier molecular flexibility index (Phi) is 11.9. The van der Waals surface area contributed by atoms with E-state index >= 15 is 0 Å². The number of ether oxygens (including phenoxy) is 1. The van der Waals surface area contributed by atoms with Crippen molar-refractivity contribution in [3.8, 4) is 5.75 Å². The highest BCUT2D eigenvalue weighted by molar-refractivity contribution is 14.0. The molecule has 1 unspecified atom stereocenters. The number of aromatic nitrogens is 2. The summed E-state index contributed by atoms with van der Waals surface area (Å²) in [5.41, 5.74) is 4.74. The third-order valence-electron chi connectivity index (χ3n) is 5.02. The molecule has 1 heterocycles. The van der Waals surface area contributed by atoms with Crippen molar-refractivity contribution in [1.29, 1.82) is 0 Å². The Bertz CT molecular complexity index is 833. The van der Waals surface area contributed by atoms with Crippen LogP contribution in [0.15, 0.2) is 29.3 Å². The smallest absolute Gasteiger partial charge is 0.191 e. The number of hydrogen-bond acceptors (Lipinski definition) is 4. The number of aliphatic imine (C=N–C) groups is 1. The van der Waals surface area contributed by atoms with Gasteiger partial charge in [-0.1, -0.05) is 12.1 Å². The lowest BCUT2D eigenvalue weighted by Crippen LogP contribution is -2.43. The summed E-state index contributed by atoms with van der Waals surface area (Å²) >= 11 is 0. The lowest BCUT2D eigenvalue weighted by molar-refractivity contribution is 0.261. The second kappa shape index (κ2) is 13.6. The van der Waals surface area contributed by atoms with Crippen molar-refractivity contribution in [1.82, 2.24) is 25.3 Å². The molecule has 0 saturated heterocycles. The monoisotopic (exact) mass is 542 g/mol. The van der Waals surface area contributed by atoms with Crippen molar-refractivity contribution in [2.75, 3.05) is 33.8 Å². The molecule has 0 aliphatic carbocycles. The van der Waals surface area contributed by atoms with Gasteiger partial charge in [0.25, 0.3) is 0 Å². The van der Waals surface area contributed by atoms with Gasteiger partial charge in [0, 0.05) is 31.9 Å². The summed E-state index contributed by atoms with van der Waals surface area (Å²) in [5, 5.41) is 11.4. The third-order valence-corrected chi connectivity index (χ3v) is 5.02. The minimum absolute atomic E-state index is 0. The third kappa shape index (κ3) is 9.06. The van der Waals surface area contributed by atoms with Crippen LogP contribution in [0.25, 0.3) is 0 Å². The van der Waals surface area contributed by atoms with Crippen molar-refractivity contribution in [2.45, 2.75) is 46.7 Å². The van der Waals surface area contributed by atoms with Crippen LogP contribution in [0, 0.1) is 13.8 Å². The molecular weight excluding hydrogens is 503 g/mol. The van der Waals surface area contributed by atoms with Gasteiger partial charge in [-0.05, 0) is 71.5 Å². The van der Waals surface area contributed by atoms with Gasteiger partial charge < -0.3 is 20.3 Å². The van der Waals surface area contributed by atoms with E-state index in [9.17, 15) is 0 Å². The summed E-state index contributed by atoms with van der Waals surface area (Å²) in [4.78, 5) is 6.88. The van der Waals surface area contributed by atoms with Gasteiger partial charge in [0.2, 0.25) is 0 Å². The van der Waals surface area contributed by atoms with Gasteiger partial charge in [-0.2, -0.15) is 5.10 Å². The van der Waals surface area contributed by atoms with Crippen molar-refractivity contribution >= 4 is 29.9 Å². The second-order valence-corrected chi connectivity index (χ2v) is 8.02. The zero-order valence-electron chi connectivity index (χ0n) is 20.0. The Hall–Kier alpha value is -1.81. The molecule has 2 aromatic rings. The van der Waals surface area contributed by atoms with E-state index in [4.69, 9.17) is 9.73 Å². The molecule has 0 radical (unpaired) electrons. The molecule has 174 valence electrons. The number of benzene rings is 1. The maximum absolute atomic E-state index is 5.84. The summed E-state index contributed by atoms with van der Waals surface area (Å²) in [6.07, 6.45) is 0.908. The highest BCUT2D eigenvalue weighted by atomic mass is 127. The first-order chi connectivity index (χ1) is 14.3. The van der Waals surface area contributed by atoms with E-state index in [0.29, 0.717) is 13.2 Å². The fourth-order valence-electron chi connectivity index (χ4n) is 3.27. The van der Waals surface area contributed by atoms with E-state index in [1.165, 1.54) is 11.3 Å². The summed E-state index contributed by atoms with van der Waals surface area (Å²) in [5.74, 6) is 1.71. The summed E-state index contributed by atoms with van der Waals surface area (Å²) in [6, 6.07) is 8.40. The molecule has 0 aliphatic heterocycles. The van der Waals surface area contributed by atoms with Crippen molar-refractivity contribution < 1.29 is 4.74 Å². The van der Waals surface area contributed by atoms with Gasteiger partial charge in [-0.25, -0.2) is 4.99 Å². The molecule has 1 aromatic carbocycles. The average molecular weight is 543 g/mol. The molecule has 0 saturated carbocycles. The van der Waals surface area contributed by atoms with Crippen molar-refractivity contribution in [3.63, 3.8) is 0 Å². The maximum atomic E-state index is 5.84. The highest BCUT2D eigenvalue weighted by Crippen LogP contribution is 2.15. The van der Waals surface area contributed by atoms with Crippen LogP contribution in [0.3, 0.4) is 0 Å². The average Bonchev–Trinajstić information content (AvgIpc) is 2.92. The van der Waals surface area contributed by atoms with Crippen LogP contribution in [-0.4, -0.2) is 60.5 Å². The molecule has 0 bridgehead atoms. The van der Waals surface area contributed by atoms with Gasteiger partial charge in [-0.15, -0.1) is 24.0 Å². The fraction of sp³-hybridized carbons (Fsp3) is 0.565. The first-order valence-electron chi connectivity index (χ1n) is 10.7. The van der Waals surface area contributed by atoms with Crippen LogP contribution in [0.1, 0.15) is 36.4 Å². The van der Waals surface area contributed by atoms with Crippen LogP contribution in [0.2, 0.25) is 0 Å². The van der Waals surface area contributed by atoms with Crippen molar-refractivity contribution in [2.24, 2.45) is 12.0 Å². The minimum atomic E-state index is 0. The van der Waals surface area contributed by atoms with E-state index in [2.05, 4.69) is 60.5 Å². The van der Waals surface area contributed by atoms with Gasteiger partial charge in [0.1, 0.15) is 12.4 Å². The molecule has 2 rings (SSSR count). The second-order valence-electron chi connectivity index (χ2n) is 8.02. The van der Waals surface area contributed by atoms with Crippen LogP contribution in [-0.2, 0) is 20.0 Å². The summed E-state index contributed by atoms with van der Waals surface area (Å²) in [6.45, 7) is 11.4. The Morgan fingerprint density at radius 1 is 1.29 bits per heavy atom. The van der Waals surface area contributed by atoms with Crippen molar-refractivity contribution in [3.05, 3.63) is 46.8 Å². The van der Waals surface area contributed by atoms with Crippen LogP contribution in [0.4, 0.5) is 0 Å². The molecule has 0 spiro atoms. The minimum Gasteiger partial charge on any atom is -0.492 e. The van der Waals surface area contributed by atoms with Crippen LogP contribution < -0.4 is 15.4 Å². The van der Waals surface area contributed by atoms with Crippen LogP contribution >= 0.6 is 24.0 Å². The first kappa shape index (κ1) is 27.2. The molecule has 31 heavy (non-hydrogen) atoms. The Labute approximate surface area is 204 Å². The molecule has 1 aromatic heterocycles. The summed E-state index contributed by atoms with van der Waals surface area (Å²) in [7, 11) is 6.08. The lowest BCUT2D eigenvalue weighted by atomic mass is 10.1. The fourth-order valence-corrected chi connectivity index (χ4v) is 3.27. The number of nitrogens with zero attached hydrogens (tertiary/aromatic N) is 4. The molecule has 2 N–H and O–H groups in total. The van der Waals surface area contributed by atoms with E-state index in [1.54, 1.807) is 0 Å². The molecule has 8 heteroatoms. The number of hydrogen-bond donors (Lipinski definition) is 2. The summed E-state index contributed by atoms with van der Waals surface area (Å²) < 4.78 is 7.79. The van der Waals surface area contributed by atoms with E-state index in [0.717, 1.165) is 42.5 Å². The molecule has 0 fully saturated rings. The maximum Gasteiger partial charge on any atom is 0.191 e. The van der Waals surface area contributed by atoms with Gasteiger partial charge in [-0.3, -0.25) is 4.68 Å². The van der Waals surface area contributed by atoms with Gasteiger partial charge in [0.05, 0.1) is 12.2 Å². The number of nitrogens with one attached hydrogen (secondary N) is 2. The number of halogens is 1. The van der Waals surface area contributed by atoms with Crippen LogP contribution in [0.5, 0.6) is 5.75 Å². The predicted molar refractivity (Wildman–Crippen MR) is 140 cm³/mol. The van der Waals surface area contributed by atoms with E-state index in [-0.39, 0.29) is 30.0 Å². The SMILES string of the molecule is CCNC(=NCc1cccc(OCCN(C)C)c1)NC(C)Cc1c(C)nn(C)c1C.I.